The number of halogens is 1. The fraction of sp³-hybridized carbons (Fsp3) is 0.538. The van der Waals surface area contributed by atoms with Gasteiger partial charge in [0.1, 0.15) is 0 Å². The molecule has 0 heterocycles. The summed E-state index contributed by atoms with van der Waals surface area (Å²) in [6.45, 7) is 4.59. The normalized spacial score (nSPS) is 11.4. The average Bonchev–Trinajstić information content (AvgIpc) is 2.42. The zero-order valence-corrected chi connectivity index (χ0v) is 13.5. The summed E-state index contributed by atoms with van der Waals surface area (Å²) < 4.78 is 6.33. The monoisotopic (exact) mass is 347 g/mol. The fourth-order valence-corrected chi connectivity index (χ4v) is 2.74. The molecule has 106 valence electrons. The number of nitro groups is 1. The molecule has 0 atom stereocenters. The van der Waals surface area contributed by atoms with Gasteiger partial charge in [0.25, 0.3) is 0 Å². The van der Waals surface area contributed by atoms with E-state index in [1.165, 1.54) is 6.07 Å². The molecular weight excluding hydrogens is 330 g/mol. The van der Waals surface area contributed by atoms with E-state index in [0.717, 1.165) is 12.8 Å². The first-order chi connectivity index (χ1) is 8.99. The minimum Gasteiger partial charge on any atom is -0.485 e. The van der Waals surface area contributed by atoms with Crippen LogP contribution in [0.3, 0.4) is 0 Å². The van der Waals surface area contributed by atoms with Crippen LogP contribution in [0, 0.1) is 15.5 Å². The Balaban J connectivity index is 2.97. The van der Waals surface area contributed by atoms with E-state index in [1.54, 1.807) is 12.1 Å². The summed E-state index contributed by atoms with van der Waals surface area (Å²) in [5, 5.41) is 11.0. The van der Waals surface area contributed by atoms with Crippen molar-refractivity contribution < 1.29 is 9.66 Å². The summed E-state index contributed by atoms with van der Waals surface area (Å²) in [6, 6.07) is 4.81. The van der Waals surface area contributed by atoms with E-state index < -0.39 is 4.92 Å². The summed E-state index contributed by atoms with van der Waals surface area (Å²) >= 11 is 7.68. The quantitative estimate of drug-likeness (QED) is 0.449. The summed E-state index contributed by atoms with van der Waals surface area (Å²) in [5.41, 5.74) is -0.0682. The molecule has 0 radical (unpaired) electrons. The van der Waals surface area contributed by atoms with E-state index in [9.17, 15) is 10.1 Å². The van der Waals surface area contributed by atoms with Crippen molar-refractivity contribution >= 4 is 34.2 Å². The minimum atomic E-state index is -0.430. The van der Waals surface area contributed by atoms with Gasteiger partial charge in [0, 0.05) is 11.5 Å². The third-order valence-corrected chi connectivity index (χ3v) is 4.80. The van der Waals surface area contributed by atoms with E-state index in [4.69, 9.17) is 4.74 Å². The second-order valence-electron chi connectivity index (χ2n) is 4.50. The van der Waals surface area contributed by atoms with E-state index in [0.29, 0.717) is 22.6 Å². The summed E-state index contributed by atoms with van der Waals surface area (Å²) in [7, 11) is 0. The van der Waals surface area contributed by atoms with Crippen molar-refractivity contribution in [3.63, 3.8) is 0 Å². The van der Waals surface area contributed by atoms with Gasteiger partial charge >= 0.3 is 5.69 Å². The molecule has 0 aliphatic heterocycles. The average molecular weight is 348 g/mol. The minimum absolute atomic E-state index is 0.0188. The number of thiol groups is 1. The van der Waals surface area contributed by atoms with Crippen molar-refractivity contribution in [3.05, 3.63) is 32.8 Å². The molecule has 4 nitrogen and oxygen atoms in total. The van der Waals surface area contributed by atoms with E-state index in [2.05, 4.69) is 42.4 Å². The number of nitrogens with zero attached hydrogens (tertiary/aromatic N) is 1. The van der Waals surface area contributed by atoms with Crippen molar-refractivity contribution in [3.8, 4) is 5.75 Å². The number of benzene rings is 1. The van der Waals surface area contributed by atoms with Gasteiger partial charge in [-0.25, -0.2) is 0 Å². The highest BCUT2D eigenvalue weighted by molar-refractivity contribution is 9.10. The Hall–Kier alpha value is -0.750. The number of ether oxygens (including phenoxy) is 1. The molecule has 0 bridgehead atoms. The van der Waals surface area contributed by atoms with Crippen LogP contribution in [0.15, 0.2) is 22.7 Å². The van der Waals surface area contributed by atoms with Gasteiger partial charge in [-0.15, -0.1) is 0 Å². The van der Waals surface area contributed by atoms with Crippen molar-refractivity contribution in [1.29, 1.82) is 0 Å². The molecule has 0 unspecified atom stereocenters. The first-order valence-electron chi connectivity index (χ1n) is 6.16. The van der Waals surface area contributed by atoms with Crippen LogP contribution in [0.5, 0.6) is 5.75 Å². The molecule has 0 fully saturated rings. The van der Waals surface area contributed by atoms with Gasteiger partial charge in [0.05, 0.1) is 16.0 Å². The number of para-hydroxylation sites is 1. The van der Waals surface area contributed by atoms with Gasteiger partial charge < -0.3 is 4.74 Å². The van der Waals surface area contributed by atoms with E-state index in [-0.39, 0.29) is 11.1 Å². The van der Waals surface area contributed by atoms with Crippen LogP contribution >= 0.6 is 28.6 Å². The summed E-state index contributed by atoms with van der Waals surface area (Å²) in [6.07, 6.45) is 1.84. The fourth-order valence-electron chi connectivity index (χ4n) is 1.73. The number of nitro benzene ring substituents is 1. The Morgan fingerprint density at radius 1 is 1.42 bits per heavy atom. The smallest absolute Gasteiger partial charge is 0.312 e. The third-order valence-electron chi connectivity index (χ3n) is 3.50. The highest BCUT2D eigenvalue weighted by Crippen LogP contribution is 2.37. The zero-order valence-electron chi connectivity index (χ0n) is 11.1. The summed E-state index contributed by atoms with van der Waals surface area (Å²) in [4.78, 5) is 10.6. The molecular formula is C13H18BrNO3S. The molecule has 0 spiro atoms. The molecule has 19 heavy (non-hydrogen) atoms. The molecule has 1 aromatic carbocycles. The second kappa shape index (κ2) is 7.14. The lowest BCUT2D eigenvalue weighted by atomic mass is 9.85. The maximum Gasteiger partial charge on any atom is 0.312 e. The van der Waals surface area contributed by atoms with E-state index in [1.807, 2.05) is 0 Å². The molecule has 0 aliphatic rings. The molecule has 1 rings (SSSR count). The lowest BCUT2D eigenvalue weighted by Crippen LogP contribution is -2.29. The number of hydrogen-bond acceptors (Lipinski definition) is 4. The second-order valence-corrected chi connectivity index (χ2v) is 5.67. The maximum absolute atomic E-state index is 11.0. The summed E-state index contributed by atoms with van der Waals surface area (Å²) in [5.74, 6) is 0.985. The van der Waals surface area contributed by atoms with E-state index >= 15 is 0 Å². The molecule has 0 amide bonds. The Bertz CT molecular complexity index is 441. The first kappa shape index (κ1) is 16.3. The van der Waals surface area contributed by atoms with Gasteiger partial charge in [0.2, 0.25) is 5.75 Å². The largest absolute Gasteiger partial charge is 0.485 e. The predicted molar refractivity (Wildman–Crippen MR) is 83.2 cm³/mol. The molecule has 0 saturated carbocycles. The SMILES string of the molecule is CCC(CC)(CS)COc1c(Br)cccc1[N+](=O)[O-]. The topological polar surface area (TPSA) is 52.4 Å². The predicted octanol–water partition coefficient (Wildman–Crippen LogP) is 4.47. The molecule has 0 aromatic heterocycles. The van der Waals surface area contributed by atoms with Crippen molar-refractivity contribution in [2.24, 2.45) is 5.41 Å². The molecule has 0 N–H and O–H groups in total. The zero-order chi connectivity index (χ0) is 14.5. The van der Waals surface area contributed by atoms with Crippen LogP contribution in [0.2, 0.25) is 0 Å². The van der Waals surface area contributed by atoms with Crippen LogP contribution in [-0.2, 0) is 0 Å². The van der Waals surface area contributed by atoms with Crippen LogP contribution in [-0.4, -0.2) is 17.3 Å². The van der Waals surface area contributed by atoms with Crippen LogP contribution in [0.1, 0.15) is 26.7 Å². The highest BCUT2D eigenvalue weighted by atomic mass is 79.9. The number of rotatable bonds is 7. The standard InChI is InChI=1S/C13H18BrNO3S/c1-3-13(4-2,9-19)8-18-12-10(14)6-5-7-11(12)15(16)17/h5-7,19H,3-4,8-9H2,1-2H3. The Morgan fingerprint density at radius 3 is 2.53 bits per heavy atom. The molecule has 0 saturated heterocycles. The van der Waals surface area contributed by atoms with Gasteiger partial charge in [-0.2, -0.15) is 12.6 Å². The van der Waals surface area contributed by atoms with Gasteiger partial charge in [0.15, 0.2) is 0 Å². The highest BCUT2D eigenvalue weighted by Gasteiger charge is 2.27. The van der Waals surface area contributed by atoms with Crippen molar-refractivity contribution in [2.45, 2.75) is 26.7 Å². The third kappa shape index (κ3) is 3.86. The first-order valence-corrected chi connectivity index (χ1v) is 7.58. The van der Waals surface area contributed by atoms with Crippen LogP contribution < -0.4 is 4.74 Å². The Morgan fingerprint density at radius 2 is 2.05 bits per heavy atom. The van der Waals surface area contributed by atoms with Gasteiger partial charge in [-0.1, -0.05) is 19.9 Å². The molecule has 6 heteroatoms. The van der Waals surface area contributed by atoms with Crippen LogP contribution in [0.25, 0.3) is 0 Å². The molecule has 0 aliphatic carbocycles. The van der Waals surface area contributed by atoms with Gasteiger partial charge in [-0.3, -0.25) is 10.1 Å². The number of hydrogen-bond donors (Lipinski definition) is 1. The van der Waals surface area contributed by atoms with Crippen molar-refractivity contribution in [1.82, 2.24) is 0 Å². The van der Waals surface area contributed by atoms with Gasteiger partial charge in [-0.05, 0) is 40.6 Å². The molecule has 1 aromatic rings. The maximum atomic E-state index is 11.0. The van der Waals surface area contributed by atoms with Crippen LogP contribution in [0.4, 0.5) is 5.69 Å². The lowest BCUT2D eigenvalue weighted by molar-refractivity contribution is -0.386. The lowest BCUT2D eigenvalue weighted by Gasteiger charge is -2.29. The Kier molecular flexibility index (Phi) is 6.13. The van der Waals surface area contributed by atoms with Crippen molar-refractivity contribution in [2.75, 3.05) is 12.4 Å². The Labute approximate surface area is 127 Å².